The maximum atomic E-state index is 11.6. The van der Waals surface area contributed by atoms with E-state index in [1.165, 1.54) is 37.6 Å². The fourth-order valence-corrected chi connectivity index (χ4v) is 2.23. The minimum absolute atomic E-state index is 0.00151. The van der Waals surface area contributed by atoms with Crippen molar-refractivity contribution < 1.29 is 9.72 Å². The molecule has 0 radical (unpaired) electrons. The summed E-state index contributed by atoms with van der Waals surface area (Å²) in [5.74, 6) is -0.136. The molecule has 24 heavy (non-hydrogen) atoms. The van der Waals surface area contributed by atoms with E-state index in [0.29, 0.717) is 12.0 Å². The molecule has 0 aliphatic carbocycles. The lowest BCUT2D eigenvalue weighted by Gasteiger charge is -2.01. The van der Waals surface area contributed by atoms with Crippen molar-refractivity contribution in [1.29, 1.82) is 0 Å². The monoisotopic (exact) mass is 331 g/mol. The highest BCUT2D eigenvalue weighted by molar-refractivity contribution is 5.83. The average molecular weight is 331 g/mol. The molecule has 1 N–H and O–H groups in total. The first kappa shape index (κ1) is 19.5. The Morgan fingerprint density at radius 3 is 2.62 bits per heavy atom. The van der Waals surface area contributed by atoms with Crippen molar-refractivity contribution in [3.63, 3.8) is 0 Å². The van der Waals surface area contributed by atoms with E-state index in [9.17, 15) is 14.9 Å². The molecule has 1 amide bonds. The molecule has 0 atom stereocenters. The minimum Gasteiger partial charge on any atom is -0.273 e. The fraction of sp³-hybridized carbons (Fsp3) is 0.444. The largest absolute Gasteiger partial charge is 0.273 e. The summed E-state index contributed by atoms with van der Waals surface area (Å²) in [7, 11) is 0. The zero-order valence-electron chi connectivity index (χ0n) is 13.9. The van der Waals surface area contributed by atoms with Crippen LogP contribution in [0, 0.1) is 10.1 Å². The SMILES string of the molecule is C=CCCCCCCCCC(=O)N/N=C/c1cccc([N+](=O)[O-])c1. The van der Waals surface area contributed by atoms with Crippen LogP contribution in [0.5, 0.6) is 0 Å². The van der Waals surface area contributed by atoms with Crippen LogP contribution in [0.3, 0.4) is 0 Å². The molecule has 0 aliphatic heterocycles. The third-order valence-electron chi connectivity index (χ3n) is 3.55. The van der Waals surface area contributed by atoms with Gasteiger partial charge in [-0.2, -0.15) is 5.10 Å². The Bertz CT molecular complexity index is 570. The number of nitro benzene ring substituents is 1. The van der Waals surface area contributed by atoms with Gasteiger partial charge in [0.05, 0.1) is 11.1 Å². The molecule has 1 rings (SSSR count). The molecule has 0 saturated heterocycles. The van der Waals surface area contributed by atoms with E-state index in [1.807, 2.05) is 6.08 Å². The highest BCUT2D eigenvalue weighted by atomic mass is 16.6. The summed E-state index contributed by atoms with van der Waals surface area (Å²) in [6.45, 7) is 3.70. The van der Waals surface area contributed by atoms with Crippen LogP contribution in [-0.2, 0) is 4.79 Å². The molecule has 0 heterocycles. The van der Waals surface area contributed by atoms with Gasteiger partial charge in [0, 0.05) is 24.1 Å². The number of nitrogens with one attached hydrogen (secondary N) is 1. The summed E-state index contributed by atoms with van der Waals surface area (Å²) >= 11 is 0. The molecule has 6 heteroatoms. The quantitative estimate of drug-likeness (QED) is 0.203. The Kier molecular flexibility index (Phi) is 9.76. The van der Waals surface area contributed by atoms with E-state index in [2.05, 4.69) is 17.1 Å². The second-order valence-corrected chi connectivity index (χ2v) is 5.59. The number of benzene rings is 1. The standard InChI is InChI=1S/C18H25N3O3/c1-2-3-4-5-6-7-8-9-13-18(22)20-19-15-16-11-10-12-17(14-16)21(23)24/h2,10-12,14-15H,1,3-9,13H2,(H,20,22)/b19-15+. The predicted octanol–water partition coefficient (Wildman–Crippen LogP) is 4.35. The molecule has 1 aromatic rings. The molecule has 1 aromatic carbocycles. The number of carbonyl (C=O) groups excluding carboxylic acids is 1. The number of rotatable bonds is 12. The Labute approximate surface area is 142 Å². The van der Waals surface area contributed by atoms with Gasteiger partial charge in [-0.1, -0.05) is 43.9 Å². The van der Waals surface area contributed by atoms with Crippen LogP contribution in [-0.4, -0.2) is 17.0 Å². The Hall–Kier alpha value is -2.50. The van der Waals surface area contributed by atoms with Crippen LogP contribution < -0.4 is 5.43 Å². The smallest absolute Gasteiger partial charge is 0.270 e. The zero-order chi connectivity index (χ0) is 17.6. The third kappa shape index (κ3) is 8.82. The van der Waals surface area contributed by atoms with Gasteiger partial charge < -0.3 is 0 Å². The van der Waals surface area contributed by atoms with Crippen LogP contribution in [0.25, 0.3) is 0 Å². The first-order chi connectivity index (χ1) is 11.6. The molecule has 0 spiro atoms. The minimum atomic E-state index is -0.465. The number of unbranched alkanes of at least 4 members (excludes halogenated alkanes) is 6. The molecule has 6 nitrogen and oxygen atoms in total. The maximum absolute atomic E-state index is 11.6. The lowest BCUT2D eigenvalue weighted by Crippen LogP contribution is -2.16. The van der Waals surface area contributed by atoms with Gasteiger partial charge in [0.2, 0.25) is 5.91 Å². The first-order valence-electron chi connectivity index (χ1n) is 8.30. The second-order valence-electron chi connectivity index (χ2n) is 5.59. The van der Waals surface area contributed by atoms with Crippen LogP contribution in [0.2, 0.25) is 0 Å². The number of non-ortho nitro benzene ring substituents is 1. The number of hydrogen-bond acceptors (Lipinski definition) is 4. The molecule has 0 aliphatic rings. The van der Waals surface area contributed by atoms with Crippen molar-refractivity contribution in [2.24, 2.45) is 5.10 Å². The molecule has 0 saturated carbocycles. The van der Waals surface area contributed by atoms with E-state index in [4.69, 9.17) is 0 Å². The van der Waals surface area contributed by atoms with E-state index in [-0.39, 0.29) is 11.6 Å². The second kappa shape index (κ2) is 12.0. The number of hydrazone groups is 1. The molecule has 0 aromatic heterocycles. The molecule has 0 bridgehead atoms. The van der Waals surface area contributed by atoms with Gasteiger partial charge in [-0.05, 0) is 19.3 Å². The number of carbonyl (C=O) groups is 1. The lowest BCUT2D eigenvalue weighted by atomic mass is 10.1. The zero-order valence-corrected chi connectivity index (χ0v) is 13.9. The van der Waals surface area contributed by atoms with Crippen LogP contribution in [0.4, 0.5) is 5.69 Å². The van der Waals surface area contributed by atoms with Crippen molar-refractivity contribution in [3.8, 4) is 0 Å². The number of hydrogen-bond donors (Lipinski definition) is 1. The Morgan fingerprint density at radius 2 is 1.92 bits per heavy atom. The molecular weight excluding hydrogens is 306 g/mol. The van der Waals surface area contributed by atoms with Gasteiger partial charge in [0.25, 0.3) is 5.69 Å². The Balaban J connectivity index is 2.16. The third-order valence-corrected chi connectivity index (χ3v) is 3.55. The van der Waals surface area contributed by atoms with Crippen molar-refractivity contribution in [1.82, 2.24) is 5.43 Å². The van der Waals surface area contributed by atoms with Crippen molar-refractivity contribution >= 4 is 17.8 Å². The average Bonchev–Trinajstić information content (AvgIpc) is 2.57. The van der Waals surface area contributed by atoms with Crippen molar-refractivity contribution in [2.75, 3.05) is 0 Å². The fourth-order valence-electron chi connectivity index (χ4n) is 2.23. The summed E-state index contributed by atoms with van der Waals surface area (Å²) in [4.78, 5) is 21.8. The van der Waals surface area contributed by atoms with E-state index in [1.54, 1.807) is 12.1 Å². The van der Waals surface area contributed by atoms with Crippen LogP contribution in [0.1, 0.15) is 56.9 Å². The number of nitrogens with zero attached hydrogens (tertiary/aromatic N) is 2. The first-order valence-corrected chi connectivity index (χ1v) is 8.30. The highest BCUT2D eigenvalue weighted by Gasteiger charge is 2.04. The number of allylic oxidation sites excluding steroid dienone is 1. The topological polar surface area (TPSA) is 84.6 Å². The van der Waals surface area contributed by atoms with E-state index < -0.39 is 4.92 Å². The van der Waals surface area contributed by atoms with E-state index >= 15 is 0 Å². The predicted molar refractivity (Wildman–Crippen MR) is 96.0 cm³/mol. The van der Waals surface area contributed by atoms with Gasteiger partial charge in [-0.25, -0.2) is 5.43 Å². The summed E-state index contributed by atoms with van der Waals surface area (Å²) in [5, 5.41) is 14.5. The van der Waals surface area contributed by atoms with E-state index in [0.717, 1.165) is 25.7 Å². The Morgan fingerprint density at radius 1 is 1.21 bits per heavy atom. The van der Waals surface area contributed by atoms with Gasteiger partial charge in [-0.15, -0.1) is 6.58 Å². The molecule has 0 unspecified atom stereocenters. The van der Waals surface area contributed by atoms with Crippen molar-refractivity contribution in [3.05, 3.63) is 52.6 Å². The summed E-state index contributed by atoms with van der Waals surface area (Å²) in [6, 6.07) is 6.08. The summed E-state index contributed by atoms with van der Waals surface area (Å²) in [6.07, 6.45) is 11.5. The van der Waals surface area contributed by atoms with Gasteiger partial charge in [-0.3, -0.25) is 14.9 Å². The summed E-state index contributed by atoms with van der Waals surface area (Å²) in [5.41, 5.74) is 3.02. The summed E-state index contributed by atoms with van der Waals surface area (Å²) < 4.78 is 0. The maximum Gasteiger partial charge on any atom is 0.270 e. The molecule has 0 fully saturated rings. The number of amides is 1. The van der Waals surface area contributed by atoms with Crippen LogP contribution >= 0.6 is 0 Å². The molecular formula is C18H25N3O3. The number of nitro groups is 1. The van der Waals surface area contributed by atoms with Crippen LogP contribution in [0.15, 0.2) is 42.0 Å². The normalized spacial score (nSPS) is 10.7. The highest BCUT2D eigenvalue weighted by Crippen LogP contribution is 2.11. The van der Waals surface area contributed by atoms with Gasteiger partial charge in [0.1, 0.15) is 0 Å². The van der Waals surface area contributed by atoms with Gasteiger partial charge >= 0.3 is 0 Å². The lowest BCUT2D eigenvalue weighted by molar-refractivity contribution is -0.384. The van der Waals surface area contributed by atoms with Gasteiger partial charge in [0.15, 0.2) is 0 Å². The van der Waals surface area contributed by atoms with Crippen molar-refractivity contribution in [2.45, 2.75) is 51.4 Å². The molecule has 130 valence electrons.